The number of nitrogens with one attached hydrogen (secondary N) is 2. The fraction of sp³-hybridized carbons (Fsp3) is 0.0714. The lowest BCUT2D eigenvalue weighted by Gasteiger charge is -2.11. The first-order chi connectivity index (χ1) is 17.4. The van der Waals surface area contributed by atoms with Crippen molar-refractivity contribution >= 4 is 34.8 Å². The van der Waals surface area contributed by atoms with E-state index in [2.05, 4.69) is 15.8 Å². The zero-order chi connectivity index (χ0) is 25.5. The molecule has 2 amide bonds. The number of hydrogen-bond donors (Lipinski definition) is 2. The van der Waals surface area contributed by atoms with Crippen LogP contribution in [0.1, 0.15) is 31.8 Å². The van der Waals surface area contributed by atoms with E-state index in [9.17, 15) is 18.8 Å². The van der Waals surface area contributed by atoms with Crippen LogP contribution in [0.5, 0.6) is 5.75 Å². The van der Waals surface area contributed by atoms with Gasteiger partial charge in [-0.15, -0.1) is 0 Å². The Morgan fingerprint density at radius 2 is 1.58 bits per heavy atom. The number of nitrogens with zero attached hydrogens (tertiary/aromatic N) is 1. The Bertz CT molecular complexity index is 1450. The maximum Gasteiger partial charge on any atom is 0.343 e. The van der Waals surface area contributed by atoms with E-state index in [4.69, 9.17) is 4.74 Å². The molecule has 0 bridgehead atoms. The number of benzene rings is 4. The van der Waals surface area contributed by atoms with Crippen LogP contribution in [-0.2, 0) is 4.79 Å². The Morgan fingerprint density at radius 1 is 0.889 bits per heavy atom. The molecule has 0 aliphatic heterocycles. The maximum absolute atomic E-state index is 13.0. The average Bonchev–Trinajstić information content (AvgIpc) is 2.89. The number of carbonyl (C=O) groups is 3. The smallest absolute Gasteiger partial charge is 0.343 e. The third-order valence-corrected chi connectivity index (χ3v) is 5.32. The summed E-state index contributed by atoms with van der Waals surface area (Å²) in [6, 6.07) is 23.0. The standard InChI is InChI=1S/C28H22FN3O4/c1-18-6-8-21(9-7-18)28(35)36-25-15-12-19-4-2-3-5-23(19)24(25)16-31-32-26(33)17-30-27(34)20-10-13-22(29)14-11-20/h2-16H,17H2,1H3,(H,30,34)(H,32,33)/b31-16+. The molecule has 0 atom stereocenters. The molecule has 7 nitrogen and oxygen atoms in total. The van der Waals surface area contributed by atoms with Gasteiger partial charge in [0.05, 0.1) is 18.3 Å². The summed E-state index contributed by atoms with van der Waals surface area (Å²) in [4.78, 5) is 36.9. The van der Waals surface area contributed by atoms with Gasteiger partial charge in [-0.3, -0.25) is 9.59 Å². The van der Waals surface area contributed by atoms with Crippen molar-refractivity contribution in [3.8, 4) is 5.75 Å². The predicted octanol–water partition coefficient (Wildman–Crippen LogP) is 4.39. The van der Waals surface area contributed by atoms with E-state index >= 15 is 0 Å². The van der Waals surface area contributed by atoms with Crippen LogP contribution in [0.15, 0.2) is 90.0 Å². The van der Waals surface area contributed by atoms with Gasteiger partial charge in [0.25, 0.3) is 11.8 Å². The van der Waals surface area contributed by atoms with Gasteiger partial charge in [-0.05, 0) is 60.2 Å². The minimum atomic E-state index is -0.569. The number of ether oxygens (including phenoxy) is 1. The molecule has 4 aromatic carbocycles. The first-order valence-corrected chi connectivity index (χ1v) is 11.1. The number of amides is 2. The second-order valence-electron chi connectivity index (χ2n) is 7.94. The molecule has 0 saturated carbocycles. The molecule has 0 spiro atoms. The number of hydrogen-bond acceptors (Lipinski definition) is 5. The van der Waals surface area contributed by atoms with E-state index in [1.54, 1.807) is 18.2 Å². The van der Waals surface area contributed by atoms with Crippen LogP contribution in [0, 0.1) is 12.7 Å². The first kappa shape index (κ1) is 24.3. The van der Waals surface area contributed by atoms with Gasteiger partial charge in [0, 0.05) is 11.1 Å². The molecular weight excluding hydrogens is 461 g/mol. The highest BCUT2D eigenvalue weighted by Crippen LogP contribution is 2.27. The van der Waals surface area contributed by atoms with E-state index in [0.29, 0.717) is 11.1 Å². The van der Waals surface area contributed by atoms with Crippen LogP contribution >= 0.6 is 0 Å². The van der Waals surface area contributed by atoms with Gasteiger partial charge in [0.2, 0.25) is 0 Å². The molecule has 0 saturated heterocycles. The molecule has 4 aromatic rings. The molecule has 0 heterocycles. The Hall–Kier alpha value is -4.85. The topological polar surface area (TPSA) is 96.9 Å². The van der Waals surface area contributed by atoms with Crippen molar-refractivity contribution in [2.75, 3.05) is 6.54 Å². The third-order valence-electron chi connectivity index (χ3n) is 5.32. The molecule has 0 fully saturated rings. The highest BCUT2D eigenvalue weighted by molar-refractivity contribution is 6.04. The molecular formula is C28H22FN3O4. The van der Waals surface area contributed by atoms with Crippen molar-refractivity contribution in [3.63, 3.8) is 0 Å². The molecule has 0 aromatic heterocycles. The fourth-order valence-electron chi connectivity index (χ4n) is 3.42. The second kappa shape index (κ2) is 11.1. The van der Waals surface area contributed by atoms with Crippen molar-refractivity contribution in [2.45, 2.75) is 6.92 Å². The summed E-state index contributed by atoms with van der Waals surface area (Å²) in [6.07, 6.45) is 1.39. The number of carbonyl (C=O) groups excluding carboxylic acids is 3. The molecule has 0 radical (unpaired) electrons. The first-order valence-electron chi connectivity index (χ1n) is 11.1. The molecule has 36 heavy (non-hydrogen) atoms. The molecule has 8 heteroatoms. The van der Waals surface area contributed by atoms with Crippen LogP contribution in [0.25, 0.3) is 10.8 Å². The number of rotatable bonds is 7. The second-order valence-corrected chi connectivity index (χ2v) is 7.94. The fourth-order valence-corrected chi connectivity index (χ4v) is 3.42. The number of aryl methyl sites for hydroxylation is 1. The molecule has 180 valence electrons. The van der Waals surface area contributed by atoms with Crippen LogP contribution in [0.4, 0.5) is 4.39 Å². The zero-order valence-corrected chi connectivity index (χ0v) is 19.3. The largest absolute Gasteiger partial charge is 0.422 e. The van der Waals surface area contributed by atoms with E-state index in [-0.39, 0.29) is 17.9 Å². The molecule has 0 aliphatic rings. The highest BCUT2D eigenvalue weighted by atomic mass is 19.1. The zero-order valence-electron chi connectivity index (χ0n) is 19.3. The lowest BCUT2D eigenvalue weighted by atomic mass is 10.0. The van der Waals surface area contributed by atoms with E-state index in [1.807, 2.05) is 49.4 Å². The predicted molar refractivity (Wildman–Crippen MR) is 135 cm³/mol. The molecule has 0 aliphatic carbocycles. The molecule has 4 rings (SSSR count). The summed E-state index contributed by atoms with van der Waals surface area (Å²) < 4.78 is 18.6. The average molecular weight is 483 g/mol. The van der Waals surface area contributed by atoms with Crippen LogP contribution < -0.4 is 15.5 Å². The summed E-state index contributed by atoms with van der Waals surface area (Å²) in [5, 5.41) is 8.10. The van der Waals surface area contributed by atoms with Gasteiger partial charge in [0.15, 0.2) is 0 Å². The van der Waals surface area contributed by atoms with Gasteiger partial charge in [0.1, 0.15) is 11.6 Å². The Kier molecular flexibility index (Phi) is 7.45. The number of esters is 1. The normalized spacial score (nSPS) is 10.8. The third kappa shape index (κ3) is 5.98. The van der Waals surface area contributed by atoms with Gasteiger partial charge in [-0.1, -0.05) is 48.0 Å². The lowest BCUT2D eigenvalue weighted by Crippen LogP contribution is -2.34. The summed E-state index contributed by atoms with van der Waals surface area (Å²) in [6.45, 7) is 1.59. The van der Waals surface area contributed by atoms with Crippen molar-refractivity contribution < 1.29 is 23.5 Å². The van der Waals surface area contributed by atoms with Gasteiger partial charge >= 0.3 is 5.97 Å². The van der Waals surface area contributed by atoms with E-state index < -0.39 is 23.6 Å². The Labute approximate surface area is 206 Å². The SMILES string of the molecule is Cc1ccc(C(=O)Oc2ccc3ccccc3c2/C=N/NC(=O)CNC(=O)c2ccc(F)cc2)cc1. The number of hydrazone groups is 1. The monoisotopic (exact) mass is 483 g/mol. The van der Waals surface area contributed by atoms with Crippen molar-refractivity contribution in [3.05, 3.63) is 113 Å². The van der Waals surface area contributed by atoms with Crippen LogP contribution in [-0.4, -0.2) is 30.5 Å². The Morgan fingerprint density at radius 3 is 2.33 bits per heavy atom. The van der Waals surface area contributed by atoms with E-state index in [1.165, 1.54) is 18.3 Å². The summed E-state index contributed by atoms with van der Waals surface area (Å²) >= 11 is 0. The molecule has 0 unspecified atom stereocenters. The summed E-state index contributed by atoms with van der Waals surface area (Å²) in [5.41, 5.74) is 4.50. The van der Waals surface area contributed by atoms with Gasteiger partial charge < -0.3 is 10.1 Å². The highest BCUT2D eigenvalue weighted by Gasteiger charge is 2.14. The summed E-state index contributed by atoms with van der Waals surface area (Å²) in [7, 11) is 0. The quantitative estimate of drug-likeness (QED) is 0.176. The van der Waals surface area contributed by atoms with Crippen LogP contribution in [0.3, 0.4) is 0 Å². The van der Waals surface area contributed by atoms with Crippen LogP contribution in [0.2, 0.25) is 0 Å². The van der Waals surface area contributed by atoms with Gasteiger partial charge in [-0.25, -0.2) is 14.6 Å². The minimum absolute atomic E-state index is 0.225. The number of fused-ring (bicyclic) bond motifs is 1. The maximum atomic E-state index is 13.0. The Balaban J connectivity index is 1.46. The van der Waals surface area contributed by atoms with Gasteiger partial charge in [-0.2, -0.15) is 5.10 Å². The lowest BCUT2D eigenvalue weighted by molar-refractivity contribution is -0.120. The summed E-state index contributed by atoms with van der Waals surface area (Å²) in [5.74, 6) is -1.79. The molecule has 2 N–H and O–H groups in total. The minimum Gasteiger partial charge on any atom is -0.422 e. The van der Waals surface area contributed by atoms with Crippen molar-refractivity contribution in [1.29, 1.82) is 0 Å². The number of halogens is 1. The van der Waals surface area contributed by atoms with Crippen molar-refractivity contribution in [2.24, 2.45) is 5.10 Å². The van der Waals surface area contributed by atoms with Crippen molar-refractivity contribution in [1.82, 2.24) is 10.7 Å². The van der Waals surface area contributed by atoms with E-state index in [0.717, 1.165) is 28.5 Å².